The van der Waals surface area contributed by atoms with Crippen molar-refractivity contribution >= 4 is 35.0 Å². The van der Waals surface area contributed by atoms with Crippen molar-refractivity contribution in [2.75, 3.05) is 5.32 Å². The van der Waals surface area contributed by atoms with Gasteiger partial charge in [0.15, 0.2) is 6.61 Å². The highest BCUT2D eigenvalue weighted by atomic mass is 35.5. The quantitative estimate of drug-likeness (QED) is 0.355. The highest BCUT2D eigenvalue weighted by molar-refractivity contribution is 8.00. The molecule has 0 aliphatic carbocycles. The number of alkyl halides is 3. The number of ether oxygens (including phenoxy) is 1. The number of nitrogens with one attached hydrogen (secondary N) is 1. The molecule has 0 radical (unpaired) electrons. The molecule has 1 atom stereocenters. The molecule has 0 fully saturated rings. The summed E-state index contributed by atoms with van der Waals surface area (Å²) in [5.41, 5.74) is -1.46. The second-order valence-electron chi connectivity index (χ2n) is 6.14. The molecule has 164 valence electrons. The number of carbonyl (C=O) groups is 1. The van der Waals surface area contributed by atoms with Crippen LogP contribution in [-0.4, -0.2) is 21.4 Å². The van der Waals surface area contributed by atoms with Crippen molar-refractivity contribution in [2.45, 2.75) is 30.2 Å². The van der Waals surface area contributed by atoms with Gasteiger partial charge in [-0.15, -0.1) is 10.2 Å². The molecule has 1 amide bonds. The third-order valence-electron chi connectivity index (χ3n) is 3.82. The van der Waals surface area contributed by atoms with Crippen molar-refractivity contribution in [1.82, 2.24) is 10.2 Å². The lowest BCUT2D eigenvalue weighted by Gasteiger charge is -2.15. The van der Waals surface area contributed by atoms with E-state index >= 15 is 0 Å². The Kier molecular flexibility index (Phi) is 7.06. The van der Waals surface area contributed by atoms with Crippen molar-refractivity contribution in [1.29, 1.82) is 0 Å². The number of hydrogen-bond acceptors (Lipinski definition) is 6. The molecule has 2 aromatic carbocycles. The van der Waals surface area contributed by atoms with E-state index in [0.29, 0.717) is 5.75 Å². The van der Waals surface area contributed by atoms with Gasteiger partial charge in [-0.25, -0.2) is 4.39 Å². The standard InChI is InChI=1S/C19H14ClF4N3O3S/c1-10(17(28)25-15-7-2-11(20)8-14(15)19(22,23)24)31-18-27-26-16(30-18)9-29-13-5-3-12(21)4-6-13/h2-8,10H,9H2,1H3,(H,25,28). The van der Waals surface area contributed by atoms with Crippen LogP contribution in [0.15, 0.2) is 52.1 Å². The summed E-state index contributed by atoms with van der Waals surface area (Å²) >= 11 is 6.50. The maximum absolute atomic E-state index is 13.2. The number of halogens is 5. The molecule has 0 aliphatic rings. The Morgan fingerprint density at radius 1 is 1.23 bits per heavy atom. The first kappa shape index (κ1) is 22.9. The first-order valence-corrected chi connectivity index (χ1v) is 9.92. The van der Waals surface area contributed by atoms with E-state index in [1.165, 1.54) is 37.3 Å². The van der Waals surface area contributed by atoms with Crippen LogP contribution < -0.4 is 10.1 Å². The number of rotatable bonds is 7. The number of carbonyl (C=O) groups excluding carboxylic acids is 1. The fraction of sp³-hybridized carbons (Fsp3) is 0.211. The fourth-order valence-electron chi connectivity index (χ4n) is 2.32. The maximum atomic E-state index is 13.2. The monoisotopic (exact) mass is 475 g/mol. The second-order valence-corrected chi connectivity index (χ2v) is 7.87. The van der Waals surface area contributed by atoms with Gasteiger partial charge in [-0.3, -0.25) is 4.79 Å². The van der Waals surface area contributed by atoms with Crippen molar-refractivity contribution in [3.05, 3.63) is 64.8 Å². The minimum Gasteiger partial charge on any atom is -0.484 e. The van der Waals surface area contributed by atoms with Crippen LogP contribution in [0, 0.1) is 5.82 Å². The Morgan fingerprint density at radius 2 is 1.94 bits per heavy atom. The number of nitrogens with zero attached hydrogens (tertiary/aromatic N) is 2. The Morgan fingerprint density at radius 3 is 2.61 bits per heavy atom. The SMILES string of the molecule is CC(Sc1nnc(COc2ccc(F)cc2)o1)C(=O)Nc1ccc(Cl)cc1C(F)(F)F. The van der Waals surface area contributed by atoms with Crippen LogP contribution >= 0.6 is 23.4 Å². The van der Waals surface area contributed by atoms with Crippen molar-refractivity contribution in [3.8, 4) is 5.75 Å². The number of amides is 1. The molecule has 1 heterocycles. The number of thioether (sulfide) groups is 1. The van der Waals surface area contributed by atoms with Gasteiger partial charge >= 0.3 is 6.18 Å². The molecule has 3 rings (SSSR count). The van der Waals surface area contributed by atoms with Crippen molar-refractivity contribution < 1.29 is 31.5 Å². The predicted octanol–water partition coefficient (Wildman–Crippen LogP) is 5.58. The third-order valence-corrected chi connectivity index (χ3v) is 4.99. The summed E-state index contributed by atoms with van der Waals surface area (Å²) in [7, 11) is 0. The Balaban J connectivity index is 1.59. The molecule has 31 heavy (non-hydrogen) atoms. The molecule has 1 aromatic heterocycles. The Labute approximate surface area is 182 Å². The molecule has 1 N–H and O–H groups in total. The molecule has 0 saturated heterocycles. The number of aromatic nitrogens is 2. The molecule has 0 saturated carbocycles. The zero-order chi connectivity index (χ0) is 22.6. The molecule has 6 nitrogen and oxygen atoms in total. The predicted molar refractivity (Wildman–Crippen MR) is 105 cm³/mol. The molecule has 0 aliphatic heterocycles. The highest BCUT2D eigenvalue weighted by Gasteiger charge is 2.34. The van der Waals surface area contributed by atoms with E-state index in [-0.39, 0.29) is 22.7 Å². The van der Waals surface area contributed by atoms with Crippen molar-refractivity contribution in [3.63, 3.8) is 0 Å². The van der Waals surface area contributed by atoms with Gasteiger partial charge in [0.1, 0.15) is 11.6 Å². The van der Waals surface area contributed by atoms with Gasteiger partial charge in [0.05, 0.1) is 16.5 Å². The van der Waals surface area contributed by atoms with Crippen molar-refractivity contribution in [2.24, 2.45) is 0 Å². The van der Waals surface area contributed by atoms with E-state index in [2.05, 4.69) is 15.5 Å². The van der Waals surface area contributed by atoms with Crippen LogP contribution in [0.4, 0.5) is 23.2 Å². The van der Waals surface area contributed by atoms with Crippen LogP contribution in [0.2, 0.25) is 5.02 Å². The summed E-state index contributed by atoms with van der Waals surface area (Å²) in [4.78, 5) is 12.3. The Hall–Kier alpha value is -2.79. The van der Waals surface area contributed by atoms with E-state index in [1.807, 2.05) is 0 Å². The van der Waals surface area contributed by atoms with Gasteiger partial charge < -0.3 is 14.5 Å². The van der Waals surface area contributed by atoms with E-state index in [1.54, 1.807) is 0 Å². The molecule has 0 bridgehead atoms. The van der Waals surface area contributed by atoms with Gasteiger partial charge in [0, 0.05) is 5.02 Å². The average Bonchev–Trinajstić information content (AvgIpc) is 3.15. The van der Waals surface area contributed by atoms with Gasteiger partial charge in [0.25, 0.3) is 11.1 Å². The largest absolute Gasteiger partial charge is 0.484 e. The second kappa shape index (κ2) is 9.56. The summed E-state index contributed by atoms with van der Waals surface area (Å²) in [5.74, 6) is -0.598. The van der Waals surface area contributed by atoms with E-state index in [4.69, 9.17) is 20.8 Å². The van der Waals surface area contributed by atoms with E-state index < -0.39 is 34.4 Å². The topological polar surface area (TPSA) is 77.2 Å². The number of benzene rings is 2. The minimum absolute atomic E-state index is 0.0347. The van der Waals surface area contributed by atoms with Gasteiger partial charge in [-0.1, -0.05) is 23.4 Å². The summed E-state index contributed by atoms with van der Waals surface area (Å²) in [6.45, 7) is 1.39. The first-order chi connectivity index (χ1) is 14.6. The zero-order valence-electron chi connectivity index (χ0n) is 15.7. The number of anilines is 1. The lowest BCUT2D eigenvalue weighted by molar-refractivity contribution is -0.137. The van der Waals surface area contributed by atoms with Crippen LogP contribution in [-0.2, 0) is 17.6 Å². The molecule has 1 unspecified atom stereocenters. The normalized spacial score (nSPS) is 12.5. The molecular formula is C19H14ClF4N3O3S. The third kappa shape index (κ3) is 6.34. The summed E-state index contributed by atoms with van der Waals surface area (Å²) in [6.07, 6.45) is -4.68. The van der Waals surface area contributed by atoms with Crippen LogP contribution in [0.25, 0.3) is 0 Å². The zero-order valence-corrected chi connectivity index (χ0v) is 17.3. The van der Waals surface area contributed by atoms with Crippen LogP contribution in [0.1, 0.15) is 18.4 Å². The van der Waals surface area contributed by atoms with E-state index in [9.17, 15) is 22.4 Å². The fourth-order valence-corrected chi connectivity index (χ4v) is 3.19. The molecule has 12 heteroatoms. The maximum Gasteiger partial charge on any atom is 0.418 e. The van der Waals surface area contributed by atoms with E-state index in [0.717, 1.165) is 23.9 Å². The summed E-state index contributed by atoms with van der Waals surface area (Å²) in [6, 6.07) is 8.39. The minimum atomic E-state index is -4.68. The van der Waals surface area contributed by atoms with Gasteiger partial charge in [-0.05, 0) is 49.4 Å². The lowest BCUT2D eigenvalue weighted by Crippen LogP contribution is -2.24. The van der Waals surface area contributed by atoms with Gasteiger partial charge in [-0.2, -0.15) is 13.2 Å². The van der Waals surface area contributed by atoms with Crippen LogP contribution in [0.3, 0.4) is 0 Å². The molecule has 3 aromatic rings. The Bertz CT molecular complexity index is 1060. The summed E-state index contributed by atoms with van der Waals surface area (Å²) < 4.78 is 63.1. The highest BCUT2D eigenvalue weighted by Crippen LogP contribution is 2.37. The smallest absolute Gasteiger partial charge is 0.418 e. The summed E-state index contributed by atoms with van der Waals surface area (Å²) in [5, 5.41) is 8.87. The first-order valence-electron chi connectivity index (χ1n) is 8.67. The van der Waals surface area contributed by atoms with Gasteiger partial charge in [0.2, 0.25) is 5.91 Å². The van der Waals surface area contributed by atoms with Crippen LogP contribution in [0.5, 0.6) is 5.75 Å². The average molecular weight is 476 g/mol. The molecular weight excluding hydrogens is 462 g/mol. The molecule has 0 spiro atoms. The lowest BCUT2D eigenvalue weighted by atomic mass is 10.1. The number of hydrogen-bond donors (Lipinski definition) is 1.